The maximum absolute atomic E-state index is 6.22. The molecule has 162 valence electrons. The summed E-state index contributed by atoms with van der Waals surface area (Å²) in [6.07, 6.45) is 7.34. The molecule has 0 aromatic heterocycles. The molecule has 0 radical (unpaired) electrons. The average Bonchev–Trinajstić information content (AvgIpc) is 2.71. The molecule has 0 saturated heterocycles. The third kappa shape index (κ3) is 5.46. The van der Waals surface area contributed by atoms with Crippen molar-refractivity contribution in [3.05, 3.63) is 0 Å². The van der Waals surface area contributed by atoms with Gasteiger partial charge in [-0.1, -0.05) is 62.3 Å². The average molecular weight is 387 g/mol. The molecule has 0 amide bonds. The second-order valence-electron chi connectivity index (χ2n) is 8.80. The van der Waals surface area contributed by atoms with Gasteiger partial charge in [-0.25, -0.2) is 9.78 Å². The molecule has 1 aliphatic carbocycles. The Morgan fingerprint density at radius 1 is 0.704 bits per heavy atom. The van der Waals surface area contributed by atoms with Crippen LogP contribution >= 0.6 is 0 Å². The molecule has 0 aromatic rings. The fraction of sp³-hybridized carbons (Fsp3) is 1.00. The summed E-state index contributed by atoms with van der Waals surface area (Å²) in [5, 5.41) is 0. The molecular weight excluding hydrogens is 340 g/mol. The molecule has 0 aromatic carbocycles. The molecule has 0 bridgehead atoms. The molecule has 1 saturated carbocycles. The molecule has 0 N–H and O–H groups in total. The van der Waals surface area contributed by atoms with E-state index in [4.69, 9.17) is 19.6 Å². The van der Waals surface area contributed by atoms with Crippen molar-refractivity contribution in [3.8, 4) is 0 Å². The van der Waals surface area contributed by atoms with Crippen molar-refractivity contribution >= 4 is 0 Å². The molecule has 1 aliphatic rings. The van der Waals surface area contributed by atoms with Gasteiger partial charge in [0.25, 0.3) is 0 Å². The predicted octanol–water partition coefficient (Wildman–Crippen LogP) is 7.22. The highest BCUT2D eigenvalue weighted by molar-refractivity contribution is 4.88. The van der Waals surface area contributed by atoms with E-state index in [0.717, 1.165) is 51.4 Å². The van der Waals surface area contributed by atoms with Crippen molar-refractivity contribution in [3.63, 3.8) is 0 Å². The zero-order chi connectivity index (χ0) is 20.7. The Hall–Kier alpha value is -0.160. The van der Waals surface area contributed by atoms with Crippen molar-refractivity contribution < 1.29 is 19.6 Å². The quantitative estimate of drug-likeness (QED) is 0.201. The fourth-order valence-electron chi connectivity index (χ4n) is 4.23. The fourth-order valence-corrected chi connectivity index (χ4v) is 4.23. The van der Waals surface area contributed by atoms with E-state index in [1.165, 1.54) is 0 Å². The van der Waals surface area contributed by atoms with Gasteiger partial charge >= 0.3 is 0 Å². The molecule has 4 heteroatoms. The van der Waals surface area contributed by atoms with E-state index in [1.807, 2.05) is 0 Å². The van der Waals surface area contributed by atoms with Gasteiger partial charge in [-0.2, -0.15) is 9.78 Å². The minimum Gasteiger partial charge on any atom is -0.227 e. The van der Waals surface area contributed by atoms with Crippen molar-refractivity contribution in [1.29, 1.82) is 0 Å². The Kier molecular flexibility index (Phi) is 9.74. The zero-order valence-electron chi connectivity index (χ0n) is 19.5. The highest BCUT2D eigenvalue weighted by atomic mass is 17.3. The van der Waals surface area contributed by atoms with Gasteiger partial charge in [-0.05, 0) is 56.8 Å². The Morgan fingerprint density at radius 2 is 1.07 bits per heavy atom. The van der Waals surface area contributed by atoms with E-state index in [9.17, 15) is 0 Å². The van der Waals surface area contributed by atoms with Gasteiger partial charge < -0.3 is 0 Å². The lowest BCUT2D eigenvalue weighted by molar-refractivity contribution is -0.564. The highest BCUT2D eigenvalue weighted by Crippen LogP contribution is 2.46. The summed E-state index contributed by atoms with van der Waals surface area (Å²) in [4.78, 5) is 24.7. The summed E-state index contributed by atoms with van der Waals surface area (Å²) in [7, 11) is 0. The van der Waals surface area contributed by atoms with Crippen LogP contribution in [0.3, 0.4) is 0 Å². The Bertz CT molecular complexity index is 374. The van der Waals surface area contributed by atoms with Gasteiger partial charge in [0.2, 0.25) is 5.79 Å². The molecule has 0 aliphatic heterocycles. The topological polar surface area (TPSA) is 36.9 Å². The van der Waals surface area contributed by atoms with Crippen LogP contribution in [0.4, 0.5) is 0 Å². The van der Waals surface area contributed by atoms with E-state index in [2.05, 4.69) is 62.3 Å². The normalized spacial score (nSPS) is 26.3. The van der Waals surface area contributed by atoms with Crippen LogP contribution in [0.2, 0.25) is 0 Å². The molecule has 3 atom stereocenters. The lowest BCUT2D eigenvalue weighted by Gasteiger charge is -2.47. The molecule has 0 spiro atoms. The van der Waals surface area contributed by atoms with Crippen molar-refractivity contribution in [2.24, 2.45) is 17.8 Å². The maximum Gasteiger partial charge on any atom is 0.236 e. The van der Waals surface area contributed by atoms with Gasteiger partial charge in [-0.3, -0.25) is 0 Å². The van der Waals surface area contributed by atoms with E-state index in [0.29, 0.717) is 11.8 Å². The van der Waals surface area contributed by atoms with Crippen LogP contribution in [-0.2, 0) is 19.6 Å². The molecule has 0 heterocycles. The predicted molar refractivity (Wildman–Crippen MR) is 111 cm³/mol. The van der Waals surface area contributed by atoms with E-state index in [1.54, 1.807) is 0 Å². The second-order valence-corrected chi connectivity index (χ2v) is 8.80. The van der Waals surface area contributed by atoms with E-state index in [-0.39, 0.29) is 17.1 Å². The largest absolute Gasteiger partial charge is 0.236 e. The summed E-state index contributed by atoms with van der Waals surface area (Å²) in [5.74, 6) is 0.459. The SMILES string of the molecule is CCC(CC)(CC)OOC1(OOC(CC)(CC)CC)CCC(C)C(C)C1C. The smallest absolute Gasteiger partial charge is 0.227 e. The number of hydrogen-bond donors (Lipinski definition) is 0. The van der Waals surface area contributed by atoms with Gasteiger partial charge in [-0.15, -0.1) is 0 Å². The van der Waals surface area contributed by atoms with E-state index >= 15 is 0 Å². The first-order chi connectivity index (χ1) is 12.7. The Labute approximate surface area is 168 Å². The first-order valence-electron chi connectivity index (χ1n) is 11.5. The van der Waals surface area contributed by atoms with Crippen LogP contribution in [0.1, 0.15) is 114 Å². The van der Waals surface area contributed by atoms with Gasteiger partial charge in [0.15, 0.2) is 0 Å². The van der Waals surface area contributed by atoms with Gasteiger partial charge in [0.1, 0.15) is 11.2 Å². The first kappa shape index (κ1) is 24.9. The minimum atomic E-state index is -0.846. The second kappa shape index (κ2) is 10.6. The summed E-state index contributed by atoms with van der Waals surface area (Å²) >= 11 is 0. The standard InChI is InChI=1S/C23H46O4/c1-10-21(11-2,12-3)24-26-23(17-16-18(7)19(8)20(23)9)27-25-22(13-4,14-5)15-6/h18-20H,10-17H2,1-9H3. The third-order valence-electron chi connectivity index (χ3n) is 7.91. The Balaban J connectivity index is 3.06. The number of rotatable bonds is 12. The molecule has 1 fully saturated rings. The summed E-state index contributed by atoms with van der Waals surface area (Å²) in [6.45, 7) is 19.8. The molecule has 1 rings (SSSR count). The van der Waals surface area contributed by atoms with Crippen molar-refractivity contribution in [2.75, 3.05) is 0 Å². The zero-order valence-corrected chi connectivity index (χ0v) is 19.5. The third-order valence-corrected chi connectivity index (χ3v) is 7.91. The van der Waals surface area contributed by atoms with Gasteiger partial charge in [0, 0.05) is 12.3 Å². The van der Waals surface area contributed by atoms with E-state index < -0.39 is 5.79 Å². The van der Waals surface area contributed by atoms with Crippen LogP contribution in [0.25, 0.3) is 0 Å². The maximum atomic E-state index is 6.22. The van der Waals surface area contributed by atoms with Crippen LogP contribution in [-0.4, -0.2) is 17.0 Å². The lowest BCUT2D eigenvalue weighted by atomic mass is 9.71. The minimum absolute atomic E-state index is 0.188. The van der Waals surface area contributed by atoms with Crippen molar-refractivity contribution in [1.82, 2.24) is 0 Å². The highest BCUT2D eigenvalue weighted by Gasteiger charge is 2.51. The summed E-state index contributed by atoms with van der Waals surface area (Å²) < 4.78 is 0. The molecule has 4 nitrogen and oxygen atoms in total. The van der Waals surface area contributed by atoms with Crippen molar-refractivity contribution in [2.45, 2.75) is 131 Å². The molecular formula is C23H46O4. The Morgan fingerprint density at radius 3 is 1.41 bits per heavy atom. The summed E-state index contributed by atoms with van der Waals surface area (Å²) in [6, 6.07) is 0. The molecule has 27 heavy (non-hydrogen) atoms. The van der Waals surface area contributed by atoms with Crippen LogP contribution < -0.4 is 0 Å². The first-order valence-corrected chi connectivity index (χ1v) is 11.5. The van der Waals surface area contributed by atoms with Gasteiger partial charge in [0.05, 0.1) is 0 Å². The van der Waals surface area contributed by atoms with Crippen LogP contribution in [0.15, 0.2) is 0 Å². The lowest BCUT2D eigenvalue weighted by Crippen LogP contribution is -2.53. The van der Waals surface area contributed by atoms with Crippen LogP contribution in [0, 0.1) is 17.8 Å². The molecule has 3 unspecified atom stereocenters. The van der Waals surface area contributed by atoms with Crippen LogP contribution in [0.5, 0.6) is 0 Å². The monoisotopic (exact) mass is 386 g/mol. The summed E-state index contributed by atoms with van der Waals surface area (Å²) in [5.41, 5.74) is -0.528. The number of hydrogen-bond acceptors (Lipinski definition) is 4.